The smallest absolute Gasteiger partial charge is 0.0188 e. The van der Waals surface area contributed by atoms with E-state index in [1.807, 2.05) is 0 Å². The normalized spacial score (nSPS) is 29.4. The van der Waals surface area contributed by atoms with Crippen LogP contribution in [0.1, 0.15) is 0 Å². The summed E-state index contributed by atoms with van der Waals surface area (Å²) in [7, 11) is -0.884. The van der Waals surface area contributed by atoms with Gasteiger partial charge in [0.1, 0.15) is 0 Å². The van der Waals surface area contributed by atoms with E-state index in [-0.39, 0.29) is 0 Å². The van der Waals surface area contributed by atoms with Crippen molar-refractivity contribution in [1.29, 1.82) is 0 Å². The summed E-state index contributed by atoms with van der Waals surface area (Å²) in [6, 6.07) is 0. The molecule has 0 amide bonds. The summed E-state index contributed by atoms with van der Waals surface area (Å²) in [6.07, 6.45) is 2.59. The Hall–Kier alpha value is 1.28. The second kappa shape index (κ2) is 7.70. The van der Waals surface area contributed by atoms with Crippen LogP contribution in [0.2, 0.25) is 0 Å². The van der Waals surface area contributed by atoms with Crippen LogP contribution in [0.25, 0.3) is 0 Å². The van der Waals surface area contributed by atoms with Crippen LogP contribution < -0.4 is 0 Å². The van der Waals surface area contributed by atoms with Crippen LogP contribution in [0, 0.1) is 0 Å². The summed E-state index contributed by atoms with van der Waals surface area (Å²) in [5.74, 6) is 7.96. The summed E-state index contributed by atoms with van der Waals surface area (Å²) < 4.78 is 8.57. The first-order chi connectivity index (χ1) is 9.82. The van der Waals surface area contributed by atoms with Crippen molar-refractivity contribution in [2.45, 2.75) is 0 Å². The molecule has 0 saturated carbocycles. The summed E-state index contributed by atoms with van der Waals surface area (Å²) in [5.41, 5.74) is 0. The van der Waals surface area contributed by atoms with E-state index in [4.69, 9.17) is 0 Å². The van der Waals surface area contributed by atoms with Gasteiger partial charge >= 0.3 is 0 Å². The molecule has 0 atom stereocenters. The van der Waals surface area contributed by atoms with Gasteiger partial charge in [-0.3, -0.25) is 0 Å². The van der Waals surface area contributed by atoms with Crippen molar-refractivity contribution in [3.63, 3.8) is 0 Å². The van der Waals surface area contributed by atoms with Crippen molar-refractivity contribution in [2.24, 2.45) is 0 Å². The van der Waals surface area contributed by atoms with Crippen LogP contribution in [0.15, 0.2) is 0 Å². The Balaban J connectivity index is 1.79. The van der Waals surface area contributed by atoms with E-state index in [1.54, 1.807) is 0 Å². The minimum absolute atomic E-state index is 0.884. The fraction of sp³-hybridized carbons (Fsp3) is 1.00. The SMILES string of the molecule is CS(N1CCSCC1)(N1CCSCC1)N1CCSCC1. The molecule has 0 aromatic carbocycles. The number of rotatable bonds is 3. The summed E-state index contributed by atoms with van der Waals surface area (Å²) in [6.45, 7) is 7.77. The molecule has 0 radical (unpaired) electrons. The van der Waals surface area contributed by atoms with Gasteiger partial charge in [0.25, 0.3) is 0 Å². The number of hydrogen-bond donors (Lipinski definition) is 0. The summed E-state index contributed by atoms with van der Waals surface area (Å²) in [5, 5.41) is 0. The molecule has 0 bridgehead atoms. The van der Waals surface area contributed by atoms with Crippen LogP contribution in [0.5, 0.6) is 0 Å². The molecular weight excluding hydrogens is 326 g/mol. The molecule has 3 saturated heterocycles. The van der Waals surface area contributed by atoms with E-state index in [0.29, 0.717) is 0 Å². The average molecular weight is 354 g/mol. The molecular formula is C13H27N3S4. The molecule has 0 spiro atoms. The third kappa shape index (κ3) is 3.44. The van der Waals surface area contributed by atoms with E-state index in [1.165, 1.54) is 73.8 Å². The summed E-state index contributed by atoms with van der Waals surface area (Å²) >= 11 is 6.40. The Labute approximate surface area is 138 Å². The van der Waals surface area contributed by atoms with Crippen molar-refractivity contribution in [2.75, 3.05) is 80.0 Å². The highest BCUT2D eigenvalue weighted by Gasteiger charge is 2.40. The zero-order valence-electron chi connectivity index (χ0n) is 12.5. The van der Waals surface area contributed by atoms with Gasteiger partial charge in [0, 0.05) is 80.0 Å². The number of thioether (sulfide) groups is 3. The van der Waals surface area contributed by atoms with Gasteiger partial charge in [-0.1, -0.05) is 10.6 Å². The van der Waals surface area contributed by atoms with Crippen LogP contribution >= 0.6 is 45.9 Å². The predicted octanol–water partition coefficient (Wildman–Crippen LogP) is 2.31. The molecule has 0 aromatic heterocycles. The van der Waals surface area contributed by atoms with Gasteiger partial charge in [0.2, 0.25) is 0 Å². The Kier molecular flexibility index (Phi) is 6.22. The van der Waals surface area contributed by atoms with E-state index >= 15 is 0 Å². The highest BCUT2D eigenvalue weighted by molar-refractivity contribution is 8.27. The van der Waals surface area contributed by atoms with Crippen LogP contribution in [-0.4, -0.2) is 93.0 Å². The highest BCUT2D eigenvalue weighted by atomic mass is 32.3. The minimum atomic E-state index is -0.884. The number of nitrogens with zero attached hydrogens (tertiary/aromatic N) is 3. The Bertz CT molecular complexity index is 254. The van der Waals surface area contributed by atoms with Gasteiger partial charge in [0.15, 0.2) is 0 Å². The van der Waals surface area contributed by atoms with Crippen molar-refractivity contribution < 1.29 is 0 Å². The zero-order chi connectivity index (χ0) is 13.8. The quantitative estimate of drug-likeness (QED) is 0.765. The lowest BCUT2D eigenvalue weighted by atomic mass is 10.6. The maximum atomic E-state index is 2.86. The van der Waals surface area contributed by atoms with Crippen LogP contribution in [-0.2, 0) is 0 Å². The molecule has 20 heavy (non-hydrogen) atoms. The number of hydrogen-bond acceptors (Lipinski definition) is 6. The van der Waals surface area contributed by atoms with Crippen LogP contribution in [0.3, 0.4) is 0 Å². The highest BCUT2D eigenvalue weighted by Crippen LogP contribution is 2.56. The molecule has 3 aliphatic rings. The summed E-state index contributed by atoms with van der Waals surface area (Å²) in [4.78, 5) is 0. The molecule has 7 heteroatoms. The first-order valence-electron chi connectivity index (χ1n) is 7.59. The van der Waals surface area contributed by atoms with Crippen molar-refractivity contribution >= 4 is 45.9 Å². The minimum Gasteiger partial charge on any atom is -0.243 e. The van der Waals surface area contributed by atoms with E-state index < -0.39 is 10.6 Å². The molecule has 0 aromatic rings. The van der Waals surface area contributed by atoms with Gasteiger partial charge in [-0.05, 0) is 0 Å². The average Bonchev–Trinajstić information content (AvgIpc) is 2.56. The van der Waals surface area contributed by atoms with Crippen molar-refractivity contribution in [1.82, 2.24) is 12.9 Å². The second-order valence-electron chi connectivity index (χ2n) is 5.42. The fourth-order valence-corrected chi connectivity index (χ4v) is 10.2. The van der Waals surface area contributed by atoms with E-state index in [2.05, 4.69) is 54.5 Å². The van der Waals surface area contributed by atoms with Gasteiger partial charge in [-0.15, -0.1) is 0 Å². The first-order valence-corrected chi connectivity index (χ1v) is 13.0. The monoisotopic (exact) mass is 353 g/mol. The first kappa shape index (κ1) is 16.1. The maximum absolute atomic E-state index is 2.86. The largest absolute Gasteiger partial charge is 0.243 e. The fourth-order valence-electron chi connectivity index (χ4n) is 3.17. The topological polar surface area (TPSA) is 9.72 Å². The molecule has 3 fully saturated rings. The van der Waals surface area contributed by atoms with Crippen molar-refractivity contribution in [3.8, 4) is 0 Å². The molecule has 3 aliphatic heterocycles. The second-order valence-corrected chi connectivity index (χ2v) is 12.2. The van der Waals surface area contributed by atoms with E-state index in [9.17, 15) is 0 Å². The standard InChI is InChI=1S/C13H27N3S4/c1-20(14-2-8-17-9-3-14,15-4-10-18-11-5-15)16-6-12-19-13-7-16/h2-13H2,1H3. The molecule has 0 aliphatic carbocycles. The third-order valence-electron chi connectivity index (χ3n) is 4.38. The lowest BCUT2D eigenvalue weighted by molar-refractivity contribution is 0.360. The molecule has 118 valence electrons. The molecule has 3 heterocycles. The molecule has 3 rings (SSSR count). The maximum Gasteiger partial charge on any atom is 0.0188 e. The molecule has 3 nitrogen and oxygen atoms in total. The van der Waals surface area contributed by atoms with Gasteiger partial charge in [-0.25, -0.2) is 12.9 Å². The third-order valence-corrected chi connectivity index (χ3v) is 11.2. The van der Waals surface area contributed by atoms with E-state index in [0.717, 1.165) is 0 Å². The van der Waals surface area contributed by atoms with Crippen LogP contribution in [0.4, 0.5) is 0 Å². The molecule has 0 unspecified atom stereocenters. The predicted molar refractivity (Wildman–Crippen MR) is 100 cm³/mol. The van der Waals surface area contributed by atoms with Gasteiger partial charge in [-0.2, -0.15) is 35.3 Å². The van der Waals surface area contributed by atoms with Gasteiger partial charge in [0.05, 0.1) is 0 Å². The van der Waals surface area contributed by atoms with Crippen molar-refractivity contribution in [3.05, 3.63) is 0 Å². The zero-order valence-corrected chi connectivity index (χ0v) is 15.7. The van der Waals surface area contributed by atoms with Gasteiger partial charge < -0.3 is 0 Å². The lowest BCUT2D eigenvalue weighted by Crippen LogP contribution is -2.54. The Morgan fingerprint density at radius 1 is 0.550 bits per heavy atom. The molecule has 0 N–H and O–H groups in total. The Morgan fingerprint density at radius 2 is 0.800 bits per heavy atom. The lowest BCUT2D eigenvalue weighted by Gasteiger charge is -2.60. The Morgan fingerprint density at radius 3 is 1.05 bits per heavy atom.